The van der Waals surface area contributed by atoms with Gasteiger partial charge in [-0.25, -0.2) is 0 Å². The molecule has 5 nitrogen and oxygen atoms in total. The number of fused-ring (bicyclic) bond motifs is 1. The number of halogens is 1. The molecule has 3 N–H and O–H groups in total. The number of aliphatic carboxylic acids is 1. The maximum absolute atomic E-state index is 11.2. The van der Waals surface area contributed by atoms with Crippen LogP contribution in [0.4, 0.5) is 0 Å². The van der Waals surface area contributed by atoms with E-state index in [1.807, 2.05) is 13.8 Å². The molecule has 0 bridgehead atoms. The highest BCUT2D eigenvalue weighted by Crippen LogP contribution is 2.39. The van der Waals surface area contributed by atoms with E-state index in [-0.39, 0.29) is 12.0 Å². The van der Waals surface area contributed by atoms with Crippen molar-refractivity contribution in [1.82, 2.24) is 0 Å². The minimum Gasteiger partial charge on any atom is -0.489 e. The van der Waals surface area contributed by atoms with Crippen molar-refractivity contribution in [3.05, 3.63) is 22.7 Å². The second-order valence-electron chi connectivity index (χ2n) is 5.69. The summed E-state index contributed by atoms with van der Waals surface area (Å²) >= 11 is 6.15. The Labute approximate surface area is 122 Å². The van der Waals surface area contributed by atoms with Gasteiger partial charge in [0, 0.05) is 23.0 Å². The summed E-state index contributed by atoms with van der Waals surface area (Å²) in [6.45, 7) is 5.03. The molecule has 2 rings (SSSR count). The van der Waals surface area contributed by atoms with Gasteiger partial charge in [0.2, 0.25) is 0 Å². The molecule has 0 fully saturated rings. The molecule has 1 aliphatic rings. The van der Waals surface area contributed by atoms with Crippen molar-refractivity contribution in [3.8, 4) is 11.5 Å². The third-order valence-electron chi connectivity index (χ3n) is 3.21. The summed E-state index contributed by atoms with van der Waals surface area (Å²) < 4.78 is 11.4. The average Bonchev–Trinajstić information content (AvgIpc) is 2.50. The molecule has 20 heavy (non-hydrogen) atoms. The Balaban J connectivity index is 2.40. The fraction of sp³-hybridized carbons (Fsp3) is 0.500. The predicted molar refractivity (Wildman–Crippen MR) is 75.7 cm³/mol. The molecule has 0 saturated heterocycles. The van der Waals surface area contributed by atoms with Crippen LogP contribution in [0.25, 0.3) is 0 Å². The van der Waals surface area contributed by atoms with E-state index in [0.717, 1.165) is 0 Å². The molecule has 0 aliphatic carbocycles. The third kappa shape index (κ3) is 2.99. The second-order valence-corrected chi connectivity index (χ2v) is 6.10. The summed E-state index contributed by atoms with van der Waals surface area (Å²) in [5.41, 5.74) is 5.84. The van der Waals surface area contributed by atoms with Crippen LogP contribution in [0.2, 0.25) is 5.02 Å². The van der Waals surface area contributed by atoms with E-state index in [1.165, 1.54) is 0 Å². The summed E-state index contributed by atoms with van der Waals surface area (Å²) in [5.74, 6) is -0.822. The van der Waals surface area contributed by atoms with Gasteiger partial charge in [0.1, 0.15) is 0 Å². The molecular weight excluding hydrogens is 282 g/mol. The van der Waals surface area contributed by atoms with Crippen LogP contribution >= 0.6 is 11.6 Å². The molecule has 0 spiro atoms. The van der Waals surface area contributed by atoms with Crippen LogP contribution in [0, 0.1) is 5.41 Å². The molecular formula is C14H18ClNO4. The lowest BCUT2D eigenvalue weighted by atomic mass is 9.97. The van der Waals surface area contributed by atoms with E-state index < -0.39 is 11.9 Å². The third-order valence-corrected chi connectivity index (χ3v) is 3.54. The van der Waals surface area contributed by atoms with E-state index >= 15 is 0 Å². The van der Waals surface area contributed by atoms with Crippen molar-refractivity contribution >= 4 is 17.6 Å². The van der Waals surface area contributed by atoms with Crippen LogP contribution in [-0.2, 0) is 4.79 Å². The number of carboxylic acid groups (broad SMARTS) is 1. The molecule has 0 aromatic heterocycles. The van der Waals surface area contributed by atoms with Crippen molar-refractivity contribution in [2.45, 2.75) is 19.8 Å². The summed E-state index contributed by atoms with van der Waals surface area (Å²) in [4.78, 5) is 11.2. The van der Waals surface area contributed by atoms with Gasteiger partial charge in [0.05, 0.1) is 19.1 Å². The van der Waals surface area contributed by atoms with Crippen LogP contribution in [-0.4, -0.2) is 30.8 Å². The zero-order valence-electron chi connectivity index (χ0n) is 11.5. The average molecular weight is 300 g/mol. The highest BCUT2D eigenvalue weighted by Gasteiger charge is 2.28. The Bertz CT molecular complexity index is 530. The van der Waals surface area contributed by atoms with Crippen molar-refractivity contribution in [2.24, 2.45) is 11.1 Å². The van der Waals surface area contributed by atoms with E-state index in [2.05, 4.69) is 0 Å². The molecule has 1 aromatic rings. The minimum atomic E-state index is -1.01. The first kappa shape index (κ1) is 14.9. The van der Waals surface area contributed by atoms with Gasteiger partial charge < -0.3 is 20.3 Å². The summed E-state index contributed by atoms with van der Waals surface area (Å²) in [6.07, 6.45) is 0. The number of nitrogens with two attached hydrogens (primary N) is 1. The van der Waals surface area contributed by atoms with Crippen LogP contribution in [0.5, 0.6) is 11.5 Å². The Morgan fingerprint density at radius 3 is 2.45 bits per heavy atom. The molecule has 1 unspecified atom stereocenters. The van der Waals surface area contributed by atoms with E-state index in [4.69, 9.17) is 26.8 Å². The molecule has 0 saturated carbocycles. The quantitative estimate of drug-likeness (QED) is 0.894. The van der Waals surface area contributed by atoms with Gasteiger partial charge in [0.15, 0.2) is 11.5 Å². The van der Waals surface area contributed by atoms with Crippen LogP contribution in [0.15, 0.2) is 12.1 Å². The highest BCUT2D eigenvalue weighted by molar-refractivity contribution is 6.31. The number of hydrogen-bond donors (Lipinski definition) is 2. The lowest BCUT2D eigenvalue weighted by molar-refractivity contribution is -0.138. The van der Waals surface area contributed by atoms with Crippen LogP contribution < -0.4 is 15.2 Å². The molecule has 1 atom stereocenters. The molecule has 1 aliphatic heterocycles. The Morgan fingerprint density at radius 1 is 1.40 bits per heavy atom. The lowest BCUT2D eigenvalue weighted by Crippen LogP contribution is -2.26. The second kappa shape index (κ2) is 5.50. The molecule has 0 amide bonds. The number of benzene rings is 1. The summed E-state index contributed by atoms with van der Waals surface area (Å²) in [7, 11) is 0. The van der Waals surface area contributed by atoms with Gasteiger partial charge in [-0.2, -0.15) is 0 Å². The largest absolute Gasteiger partial charge is 0.489 e. The Kier molecular flexibility index (Phi) is 4.11. The van der Waals surface area contributed by atoms with Crippen molar-refractivity contribution < 1.29 is 19.4 Å². The zero-order valence-corrected chi connectivity index (χ0v) is 12.2. The Morgan fingerprint density at radius 2 is 1.95 bits per heavy atom. The predicted octanol–water partition coefficient (Wildman–Crippen LogP) is 2.26. The lowest BCUT2D eigenvalue weighted by Gasteiger charge is -2.19. The first-order valence-corrected chi connectivity index (χ1v) is 6.74. The SMILES string of the molecule is CC1(C)COc2cc(Cl)c(C(CN)C(=O)O)cc2OC1. The first-order chi connectivity index (χ1) is 9.34. The van der Waals surface area contributed by atoms with E-state index in [0.29, 0.717) is 35.3 Å². The van der Waals surface area contributed by atoms with Gasteiger partial charge in [-0.15, -0.1) is 0 Å². The van der Waals surface area contributed by atoms with Crippen LogP contribution in [0.1, 0.15) is 25.3 Å². The van der Waals surface area contributed by atoms with Gasteiger partial charge in [-0.05, 0) is 11.6 Å². The zero-order chi connectivity index (χ0) is 14.9. The topological polar surface area (TPSA) is 81.8 Å². The van der Waals surface area contributed by atoms with E-state index in [1.54, 1.807) is 12.1 Å². The fourth-order valence-electron chi connectivity index (χ4n) is 1.99. The number of rotatable bonds is 3. The number of carboxylic acids is 1. The monoisotopic (exact) mass is 299 g/mol. The molecule has 6 heteroatoms. The summed E-state index contributed by atoms with van der Waals surface area (Å²) in [6, 6.07) is 3.21. The first-order valence-electron chi connectivity index (χ1n) is 6.36. The Hall–Kier alpha value is -1.46. The van der Waals surface area contributed by atoms with Crippen molar-refractivity contribution in [3.63, 3.8) is 0 Å². The van der Waals surface area contributed by atoms with Crippen molar-refractivity contribution in [1.29, 1.82) is 0 Å². The normalized spacial score (nSPS) is 18.2. The van der Waals surface area contributed by atoms with Gasteiger partial charge in [-0.1, -0.05) is 25.4 Å². The standard InChI is InChI=1S/C14H18ClNO4/c1-14(2)6-19-11-3-8(9(5-16)13(17)18)10(15)4-12(11)20-7-14/h3-4,9H,5-7,16H2,1-2H3,(H,17,18). The fourth-order valence-corrected chi connectivity index (χ4v) is 2.28. The number of hydrogen-bond acceptors (Lipinski definition) is 4. The van der Waals surface area contributed by atoms with Crippen LogP contribution in [0.3, 0.4) is 0 Å². The maximum atomic E-state index is 11.2. The van der Waals surface area contributed by atoms with Gasteiger partial charge >= 0.3 is 5.97 Å². The number of carbonyl (C=O) groups is 1. The van der Waals surface area contributed by atoms with Gasteiger partial charge in [0.25, 0.3) is 0 Å². The molecule has 0 radical (unpaired) electrons. The van der Waals surface area contributed by atoms with Crippen molar-refractivity contribution in [2.75, 3.05) is 19.8 Å². The van der Waals surface area contributed by atoms with Gasteiger partial charge in [-0.3, -0.25) is 4.79 Å². The molecule has 1 aromatic carbocycles. The summed E-state index contributed by atoms with van der Waals surface area (Å²) in [5, 5.41) is 9.51. The highest BCUT2D eigenvalue weighted by atomic mass is 35.5. The minimum absolute atomic E-state index is 0.0276. The van der Waals surface area contributed by atoms with E-state index in [9.17, 15) is 9.90 Å². The number of ether oxygens (including phenoxy) is 2. The maximum Gasteiger partial charge on any atom is 0.312 e. The molecule has 110 valence electrons. The molecule has 1 heterocycles. The smallest absolute Gasteiger partial charge is 0.312 e.